The summed E-state index contributed by atoms with van der Waals surface area (Å²) in [4.78, 5) is 26.9. The Kier molecular flexibility index (Phi) is 5.16. The summed E-state index contributed by atoms with van der Waals surface area (Å²) < 4.78 is 0. The van der Waals surface area contributed by atoms with Crippen molar-refractivity contribution in [1.82, 2.24) is 14.9 Å². The highest BCUT2D eigenvalue weighted by molar-refractivity contribution is 7.99. The van der Waals surface area contributed by atoms with E-state index in [0.29, 0.717) is 23.4 Å². The number of carbonyl (C=O) groups excluding carboxylic acids is 1. The summed E-state index contributed by atoms with van der Waals surface area (Å²) in [6.45, 7) is 5.13. The molecular formula is C22H26ClN5OS. The number of thioether (sulfide) groups is 1. The molecule has 30 heavy (non-hydrogen) atoms. The number of carbonyl (C=O) groups is 1. The number of aromatic nitrogens is 2. The summed E-state index contributed by atoms with van der Waals surface area (Å²) in [5.41, 5.74) is 9.50. The molecule has 8 heteroatoms. The molecule has 5 rings (SSSR count). The minimum Gasteiger partial charge on any atom is -0.353 e. The third-order valence-corrected chi connectivity index (χ3v) is 7.99. The molecule has 2 aliphatic heterocycles. The SMILES string of the molecule is C[C@@H]1SCc2ncnc(N3CCN(C(=O)C(c4ccc(Cl)cc4)C4(N)CC4)CC3)c21. The molecule has 1 aliphatic carbocycles. The van der Waals surface area contributed by atoms with Gasteiger partial charge in [0.15, 0.2) is 0 Å². The Hall–Kier alpha value is -1.83. The first-order chi connectivity index (χ1) is 14.5. The summed E-state index contributed by atoms with van der Waals surface area (Å²) in [6.07, 6.45) is 3.44. The number of nitrogens with zero attached hydrogens (tertiary/aromatic N) is 4. The van der Waals surface area contributed by atoms with Gasteiger partial charge in [0.2, 0.25) is 5.91 Å². The summed E-state index contributed by atoms with van der Waals surface area (Å²) in [5, 5.41) is 1.09. The smallest absolute Gasteiger partial charge is 0.232 e. The number of hydrogen-bond donors (Lipinski definition) is 1. The highest BCUT2D eigenvalue weighted by Gasteiger charge is 2.51. The second-order valence-corrected chi connectivity index (χ2v) is 10.3. The lowest BCUT2D eigenvalue weighted by atomic mass is 9.88. The average molecular weight is 444 g/mol. The van der Waals surface area contributed by atoms with E-state index in [1.54, 1.807) is 6.33 Å². The number of anilines is 1. The fourth-order valence-corrected chi connectivity index (χ4v) is 5.79. The van der Waals surface area contributed by atoms with Crippen LogP contribution in [-0.4, -0.2) is 52.5 Å². The van der Waals surface area contributed by atoms with Crippen LogP contribution in [0.4, 0.5) is 5.82 Å². The number of amides is 1. The van der Waals surface area contributed by atoms with Gasteiger partial charge in [0, 0.05) is 53.3 Å². The minimum absolute atomic E-state index is 0.133. The Morgan fingerprint density at radius 1 is 1.20 bits per heavy atom. The molecule has 1 aromatic heterocycles. The van der Waals surface area contributed by atoms with Crippen molar-refractivity contribution in [3.63, 3.8) is 0 Å². The van der Waals surface area contributed by atoms with Gasteiger partial charge in [0.25, 0.3) is 0 Å². The summed E-state index contributed by atoms with van der Waals surface area (Å²) >= 11 is 7.96. The number of hydrogen-bond acceptors (Lipinski definition) is 6. The van der Waals surface area contributed by atoms with E-state index >= 15 is 0 Å². The predicted octanol–water partition coefficient (Wildman–Crippen LogP) is 3.36. The van der Waals surface area contributed by atoms with Gasteiger partial charge in [-0.3, -0.25) is 4.79 Å². The van der Waals surface area contributed by atoms with Crippen molar-refractivity contribution < 1.29 is 4.79 Å². The van der Waals surface area contributed by atoms with Crippen molar-refractivity contribution >= 4 is 35.1 Å². The number of halogens is 1. The zero-order valence-electron chi connectivity index (χ0n) is 17.1. The molecule has 2 aromatic rings. The van der Waals surface area contributed by atoms with E-state index in [9.17, 15) is 4.79 Å². The van der Waals surface area contributed by atoms with Gasteiger partial charge in [-0.2, -0.15) is 0 Å². The maximum Gasteiger partial charge on any atom is 0.232 e. The monoisotopic (exact) mass is 443 g/mol. The third-order valence-electron chi connectivity index (χ3n) is 6.57. The molecular weight excluding hydrogens is 418 g/mol. The van der Waals surface area contributed by atoms with Gasteiger partial charge >= 0.3 is 0 Å². The Morgan fingerprint density at radius 2 is 1.90 bits per heavy atom. The topological polar surface area (TPSA) is 75.4 Å². The predicted molar refractivity (Wildman–Crippen MR) is 121 cm³/mol. The fourth-order valence-electron chi connectivity index (χ4n) is 4.62. The lowest BCUT2D eigenvalue weighted by Crippen LogP contribution is -2.53. The molecule has 1 aromatic carbocycles. The molecule has 0 radical (unpaired) electrons. The van der Waals surface area contributed by atoms with Crippen LogP contribution >= 0.6 is 23.4 Å². The van der Waals surface area contributed by atoms with Gasteiger partial charge in [-0.15, -0.1) is 11.8 Å². The van der Waals surface area contributed by atoms with Gasteiger partial charge in [-0.25, -0.2) is 9.97 Å². The van der Waals surface area contributed by atoms with Crippen molar-refractivity contribution in [2.24, 2.45) is 5.73 Å². The number of rotatable bonds is 4. The highest BCUT2D eigenvalue weighted by Crippen LogP contribution is 2.47. The maximum absolute atomic E-state index is 13.5. The molecule has 0 spiro atoms. The van der Waals surface area contributed by atoms with Gasteiger partial charge < -0.3 is 15.5 Å². The molecule has 2 N–H and O–H groups in total. The van der Waals surface area contributed by atoms with Gasteiger partial charge in [-0.1, -0.05) is 23.7 Å². The number of benzene rings is 1. The molecule has 3 heterocycles. The van der Waals surface area contributed by atoms with E-state index < -0.39 is 5.54 Å². The zero-order valence-corrected chi connectivity index (χ0v) is 18.6. The fraction of sp³-hybridized carbons (Fsp3) is 0.500. The average Bonchev–Trinajstić information content (AvgIpc) is 3.39. The van der Waals surface area contributed by atoms with E-state index in [2.05, 4.69) is 21.8 Å². The van der Waals surface area contributed by atoms with E-state index in [4.69, 9.17) is 17.3 Å². The standard InChI is InChI=1S/C22H26ClN5OS/c1-14-18-17(12-30-14)25-13-26-20(18)27-8-10-28(11-9-27)21(29)19(22(24)6-7-22)15-2-4-16(23)5-3-15/h2-5,13-14,19H,6-12,24H2,1H3/t14-,19?/m0/s1. The van der Waals surface area contributed by atoms with Crippen molar-refractivity contribution in [3.8, 4) is 0 Å². The lowest BCUT2D eigenvalue weighted by molar-refractivity contribution is -0.133. The van der Waals surface area contributed by atoms with E-state index in [0.717, 1.165) is 48.8 Å². The van der Waals surface area contributed by atoms with Gasteiger partial charge in [0.1, 0.15) is 12.1 Å². The Labute approximate surface area is 186 Å². The first-order valence-corrected chi connectivity index (χ1v) is 11.9. The Bertz CT molecular complexity index is 957. The minimum atomic E-state index is -0.428. The molecule has 2 fully saturated rings. The summed E-state index contributed by atoms with van der Waals surface area (Å²) in [5.74, 6) is 1.82. The van der Waals surface area contributed by atoms with Crippen LogP contribution in [0.1, 0.15) is 47.8 Å². The number of nitrogens with two attached hydrogens (primary N) is 1. The number of piperazine rings is 1. The van der Waals surface area contributed by atoms with E-state index in [-0.39, 0.29) is 11.8 Å². The molecule has 3 aliphatic rings. The third kappa shape index (κ3) is 3.57. The largest absolute Gasteiger partial charge is 0.353 e. The second-order valence-electron chi connectivity index (χ2n) is 8.54. The van der Waals surface area contributed by atoms with Crippen LogP contribution in [0, 0.1) is 0 Å². The van der Waals surface area contributed by atoms with E-state index in [1.807, 2.05) is 40.9 Å². The molecule has 0 bridgehead atoms. The van der Waals surface area contributed by atoms with Crippen LogP contribution in [0.5, 0.6) is 0 Å². The lowest BCUT2D eigenvalue weighted by Gasteiger charge is -2.38. The molecule has 6 nitrogen and oxygen atoms in total. The normalized spacial score (nSPS) is 23.2. The van der Waals surface area contributed by atoms with Gasteiger partial charge in [-0.05, 0) is 37.5 Å². The molecule has 2 atom stereocenters. The first-order valence-electron chi connectivity index (χ1n) is 10.5. The van der Waals surface area contributed by atoms with Crippen molar-refractivity contribution in [2.45, 2.75) is 42.2 Å². The molecule has 1 amide bonds. The maximum atomic E-state index is 13.5. The molecule has 158 valence electrons. The van der Waals surface area contributed by atoms with Crippen LogP contribution in [0.15, 0.2) is 30.6 Å². The van der Waals surface area contributed by atoms with E-state index in [1.165, 1.54) is 5.56 Å². The second kappa shape index (κ2) is 7.70. The van der Waals surface area contributed by atoms with Crippen LogP contribution in [0.3, 0.4) is 0 Å². The summed E-state index contributed by atoms with van der Waals surface area (Å²) in [6, 6.07) is 7.57. The number of fused-ring (bicyclic) bond motifs is 1. The molecule has 1 saturated heterocycles. The molecule has 1 unspecified atom stereocenters. The van der Waals surface area contributed by atoms with Crippen LogP contribution in [-0.2, 0) is 10.5 Å². The van der Waals surface area contributed by atoms with Gasteiger partial charge in [0.05, 0.1) is 11.6 Å². The quantitative estimate of drug-likeness (QED) is 0.780. The van der Waals surface area contributed by atoms with Crippen molar-refractivity contribution in [1.29, 1.82) is 0 Å². The van der Waals surface area contributed by atoms with Crippen LogP contribution in [0.25, 0.3) is 0 Å². The van der Waals surface area contributed by atoms with Crippen molar-refractivity contribution in [3.05, 3.63) is 52.4 Å². The molecule has 1 saturated carbocycles. The summed E-state index contributed by atoms with van der Waals surface area (Å²) in [7, 11) is 0. The first kappa shape index (κ1) is 20.1. The Balaban J connectivity index is 1.32. The van der Waals surface area contributed by atoms with Crippen LogP contribution in [0.2, 0.25) is 5.02 Å². The highest BCUT2D eigenvalue weighted by atomic mass is 35.5. The Morgan fingerprint density at radius 3 is 2.57 bits per heavy atom. The zero-order chi connectivity index (χ0) is 20.9. The van der Waals surface area contributed by atoms with Crippen molar-refractivity contribution in [2.75, 3.05) is 31.1 Å². The van der Waals surface area contributed by atoms with Crippen LogP contribution < -0.4 is 10.6 Å².